The van der Waals surface area contributed by atoms with Gasteiger partial charge in [0.2, 0.25) is 0 Å². The van der Waals surface area contributed by atoms with Crippen molar-refractivity contribution in [1.29, 1.82) is 0 Å². The Bertz CT molecular complexity index is 679. The maximum absolute atomic E-state index is 5.60. The molecule has 130 valence electrons. The van der Waals surface area contributed by atoms with Gasteiger partial charge < -0.3 is 19.3 Å². The average molecular weight is 328 g/mol. The Labute approximate surface area is 145 Å². The Balaban J connectivity index is 1.74. The summed E-state index contributed by atoms with van der Waals surface area (Å²) < 4.78 is 11.1. The van der Waals surface area contributed by atoms with Crippen LogP contribution in [0.3, 0.4) is 0 Å². The standard InChI is InChI=1S/C20H28N2O2/c1-21-12-14-22(15-13-21)11-5-6-16-9-10-18(23-2)17-7-4-8-19(24-3)20(16)17/h4,7-10H,5-6,11-15H2,1-3H3. The number of fused-ring (bicyclic) bond motifs is 1. The fraction of sp³-hybridized carbons (Fsp3) is 0.500. The molecule has 3 rings (SSSR count). The second-order valence-electron chi connectivity index (χ2n) is 6.56. The Hall–Kier alpha value is -1.78. The predicted molar refractivity (Wildman–Crippen MR) is 99.3 cm³/mol. The normalized spacial score (nSPS) is 16.5. The van der Waals surface area contributed by atoms with E-state index in [0.29, 0.717) is 0 Å². The Kier molecular flexibility index (Phi) is 5.59. The molecule has 0 radical (unpaired) electrons. The molecule has 0 bridgehead atoms. The number of piperazine rings is 1. The fourth-order valence-corrected chi connectivity index (χ4v) is 3.54. The molecule has 2 aromatic rings. The molecule has 1 saturated heterocycles. The lowest BCUT2D eigenvalue weighted by molar-refractivity contribution is 0.153. The first-order valence-electron chi connectivity index (χ1n) is 8.76. The van der Waals surface area contributed by atoms with Crippen molar-refractivity contribution in [3.63, 3.8) is 0 Å². The monoisotopic (exact) mass is 328 g/mol. The summed E-state index contributed by atoms with van der Waals surface area (Å²) in [5.74, 6) is 1.84. The lowest BCUT2D eigenvalue weighted by Crippen LogP contribution is -2.44. The molecule has 1 aliphatic rings. The van der Waals surface area contributed by atoms with Crippen LogP contribution >= 0.6 is 0 Å². The Morgan fingerprint density at radius 3 is 2.38 bits per heavy atom. The number of aryl methyl sites for hydroxylation is 1. The Morgan fingerprint density at radius 2 is 1.67 bits per heavy atom. The molecule has 0 spiro atoms. The Morgan fingerprint density at radius 1 is 0.917 bits per heavy atom. The molecule has 0 aromatic heterocycles. The quantitative estimate of drug-likeness (QED) is 0.814. The zero-order valence-electron chi connectivity index (χ0n) is 15.0. The zero-order chi connectivity index (χ0) is 16.9. The van der Waals surface area contributed by atoms with Crippen molar-refractivity contribution in [3.05, 3.63) is 35.9 Å². The highest BCUT2D eigenvalue weighted by Crippen LogP contribution is 2.35. The third-order valence-corrected chi connectivity index (χ3v) is 5.00. The smallest absolute Gasteiger partial charge is 0.127 e. The van der Waals surface area contributed by atoms with Gasteiger partial charge in [0.1, 0.15) is 11.5 Å². The fourth-order valence-electron chi connectivity index (χ4n) is 3.54. The van der Waals surface area contributed by atoms with Gasteiger partial charge in [-0.3, -0.25) is 0 Å². The van der Waals surface area contributed by atoms with E-state index in [1.165, 1.54) is 43.5 Å². The molecule has 0 atom stereocenters. The van der Waals surface area contributed by atoms with E-state index in [4.69, 9.17) is 9.47 Å². The van der Waals surface area contributed by atoms with Crippen LogP contribution in [0.5, 0.6) is 11.5 Å². The molecule has 4 heteroatoms. The van der Waals surface area contributed by atoms with E-state index in [-0.39, 0.29) is 0 Å². The minimum absolute atomic E-state index is 0.909. The molecule has 0 amide bonds. The van der Waals surface area contributed by atoms with Crippen LogP contribution in [0.1, 0.15) is 12.0 Å². The van der Waals surface area contributed by atoms with Crippen LogP contribution in [-0.4, -0.2) is 63.8 Å². The second-order valence-corrected chi connectivity index (χ2v) is 6.56. The van der Waals surface area contributed by atoms with Crippen molar-refractivity contribution in [2.75, 3.05) is 54.0 Å². The summed E-state index contributed by atoms with van der Waals surface area (Å²) >= 11 is 0. The van der Waals surface area contributed by atoms with E-state index >= 15 is 0 Å². The van der Waals surface area contributed by atoms with Gasteiger partial charge >= 0.3 is 0 Å². The topological polar surface area (TPSA) is 24.9 Å². The number of hydrogen-bond donors (Lipinski definition) is 0. The van der Waals surface area contributed by atoms with E-state index in [1.54, 1.807) is 14.2 Å². The average Bonchev–Trinajstić information content (AvgIpc) is 2.62. The highest BCUT2D eigenvalue weighted by molar-refractivity contribution is 5.95. The first kappa shape index (κ1) is 17.1. The van der Waals surface area contributed by atoms with Crippen LogP contribution in [0, 0.1) is 0 Å². The number of likely N-dealkylation sites (N-methyl/N-ethyl adjacent to an activating group) is 1. The van der Waals surface area contributed by atoms with E-state index in [9.17, 15) is 0 Å². The van der Waals surface area contributed by atoms with E-state index in [1.807, 2.05) is 12.1 Å². The van der Waals surface area contributed by atoms with Crippen LogP contribution in [0.2, 0.25) is 0 Å². The van der Waals surface area contributed by atoms with Crippen molar-refractivity contribution in [3.8, 4) is 11.5 Å². The van der Waals surface area contributed by atoms with Gasteiger partial charge in [-0.15, -0.1) is 0 Å². The summed E-state index contributed by atoms with van der Waals surface area (Å²) in [6.07, 6.45) is 2.23. The largest absolute Gasteiger partial charge is 0.496 e. The molecule has 24 heavy (non-hydrogen) atoms. The van der Waals surface area contributed by atoms with Gasteiger partial charge in [0.15, 0.2) is 0 Å². The number of hydrogen-bond acceptors (Lipinski definition) is 4. The van der Waals surface area contributed by atoms with Gasteiger partial charge in [-0.25, -0.2) is 0 Å². The van der Waals surface area contributed by atoms with Gasteiger partial charge in [-0.2, -0.15) is 0 Å². The number of rotatable bonds is 6. The van der Waals surface area contributed by atoms with Gasteiger partial charge in [0.25, 0.3) is 0 Å². The van der Waals surface area contributed by atoms with Crippen molar-refractivity contribution in [1.82, 2.24) is 9.80 Å². The first-order chi connectivity index (χ1) is 11.7. The molecule has 1 heterocycles. The second kappa shape index (κ2) is 7.86. The summed E-state index contributed by atoms with van der Waals surface area (Å²) in [5, 5.41) is 2.33. The minimum atomic E-state index is 0.909. The number of ether oxygens (including phenoxy) is 2. The highest BCUT2D eigenvalue weighted by Gasteiger charge is 2.14. The van der Waals surface area contributed by atoms with E-state index in [2.05, 4.69) is 35.0 Å². The van der Waals surface area contributed by atoms with Crippen LogP contribution in [0.4, 0.5) is 0 Å². The molecule has 2 aromatic carbocycles. The molecule has 0 aliphatic carbocycles. The summed E-state index contributed by atoms with van der Waals surface area (Å²) in [6.45, 7) is 5.89. The highest BCUT2D eigenvalue weighted by atomic mass is 16.5. The van der Waals surface area contributed by atoms with Crippen molar-refractivity contribution in [2.45, 2.75) is 12.8 Å². The summed E-state index contributed by atoms with van der Waals surface area (Å²) in [4.78, 5) is 4.97. The number of methoxy groups -OCH3 is 2. The van der Waals surface area contributed by atoms with Gasteiger partial charge in [0.05, 0.1) is 14.2 Å². The molecule has 1 aliphatic heterocycles. The molecule has 0 N–H and O–H groups in total. The molecule has 1 fully saturated rings. The third kappa shape index (κ3) is 3.65. The van der Waals surface area contributed by atoms with E-state index < -0.39 is 0 Å². The van der Waals surface area contributed by atoms with Crippen LogP contribution in [0.25, 0.3) is 10.8 Å². The van der Waals surface area contributed by atoms with Gasteiger partial charge in [0, 0.05) is 37.0 Å². The van der Waals surface area contributed by atoms with Crippen molar-refractivity contribution < 1.29 is 9.47 Å². The van der Waals surface area contributed by atoms with E-state index in [0.717, 1.165) is 29.9 Å². The summed E-state index contributed by atoms with van der Waals surface area (Å²) in [7, 11) is 5.66. The zero-order valence-corrected chi connectivity index (χ0v) is 15.0. The van der Waals surface area contributed by atoms with Gasteiger partial charge in [-0.05, 0) is 44.1 Å². The molecule has 4 nitrogen and oxygen atoms in total. The number of benzene rings is 2. The molecule has 0 unspecified atom stereocenters. The van der Waals surface area contributed by atoms with Crippen LogP contribution < -0.4 is 9.47 Å². The van der Waals surface area contributed by atoms with Crippen molar-refractivity contribution >= 4 is 10.8 Å². The summed E-state index contributed by atoms with van der Waals surface area (Å²) in [6, 6.07) is 10.4. The SMILES string of the molecule is COc1ccc(CCCN2CCN(C)CC2)c2c(OC)cccc12. The van der Waals surface area contributed by atoms with Crippen LogP contribution in [-0.2, 0) is 6.42 Å². The number of nitrogens with zero attached hydrogens (tertiary/aromatic N) is 2. The molecular weight excluding hydrogens is 300 g/mol. The minimum Gasteiger partial charge on any atom is -0.496 e. The lowest BCUT2D eigenvalue weighted by Gasteiger charge is -2.32. The summed E-state index contributed by atoms with van der Waals surface area (Å²) in [5.41, 5.74) is 1.34. The lowest BCUT2D eigenvalue weighted by atomic mass is 9.99. The molecular formula is C20H28N2O2. The molecule has 0 saturated carbocycles. The predicted octanol–water partition coefficient (Wildman–Crippen LogP) is 3.04. The van der Waals surface area contributed by atoms with Crippen molar-refractivity contribution in [2.24, 2.45) is 0 Å². The van der Waals surface area contributed by atoms with Crippen LogP contribution in [0.15, 0.2) is 30.3 Å². The maximum atomic E-state index is 5.60. The third-order valence-electron chi connectivity index (χ3n) is 5.00. The first-order valence-corrected chi connectivity index (χ1v) is 8.76. The van der Waals surface area contributed by atoms with Gasteiger partial charge in [-0.1, -0.05) is 18.2 Å². The maximum Gasteiger partial charge on any atom is 0.127 e.